The number of nitrogens with two attached hydrogens (primary N) is 1. The number of likely N-dealkylation sites (tertiary alicyclic amines) is 2. The molecule has 3 aliphatic heterocycles. The number of halogens is 1. The number of piperidine rings is 2. The summed E-state index contributed by atoms with van der Waals surface area (Å²) in [5, 5.41) is 15.7. The lowest BCUT2D eigenvalue weighted by Crippen LogP contribution is -2.55. The van der Waals surface area contributed by atoms with Crippen molar-refractivity contribution in [2.75, 3.05) is 45.1 Å². The Bertz CT molecular complexity index is 1960. The minimum Gasteiger partial charge on any atom is -0.457 e. The Labute approximate surface area is 292 Å². The van der Waals surface area contributed by atoms with E-state index >= 15 is 4.39 Å². The Balaban J connectivity index is 1.12. The minimum absolute atomic E-state index is 0.0551. The molecule has 1 atom stereocenters. The molecule has 2 aromatic heterocycles. The van der Waals surface area contributed by atoms with Crippen molar-refractivity contribution in [3.63, 3.8) is 0 Å². The van der Waals surface area contributed by atoms with Crippen LogP contribution < -0.4 is 10.5 Å². The Morgan fingerprint density at radius 1 is 1.10 bits per heavy atom. The monoisotopic (exact) mass is 677 g/mol. The molecular formula is C39H44FN7O3. The highest BCUT2D eigenvalue weighted by Crippen LogP contribution is 2.49. The smallest absolute Gasteiger partial charge is 0.264 e. The van der Waals surface area contributed by atoms with Crippen LogP contribution in [-0.4, -0.2) is 75.9 Å². The molecule has 0 spiro atoms. The van der Waals surface area contributed by atoms with Crippen molar-refractivity contribution in [2.24, 2.45) is 10.8 Å². The lowest BCUT2D eigenvalue weighted by atomic mass is 9.61. The van der Waals surface area contributed by atoms with E-state index in [-0.39, 0.29) is 39.7 Å². The number of benzene rings is 2. The number of nitrogen functional groups attached to an aromatic ring is 1. The summed E-state index contributed by atoms with van der Waals surface area (Å²) in [5.41, 5.74) is 7.50. The van der Waals surface area contributed by atoms with Crippen molar-refractivity contribution >= 4 is 22.6 Å². The van der Waals surface area contributed by atoms with Crippen LogP contribution in [0.15, 0.2) is 72.4 Å². The largest absolute Gasteiger partial charge is 0.457 e. The molecule has 3 aliphatic rings. The third-order valence-electron chi connectivity index (χ3n) is 11.3. The lowest BCUT2D eigenvalue weighted by Gasteiger charge is -2.51. The molecule has 3 fully saturated rings. The van der Waals surface area contributed by atoms with Crippen molar-refractivity contribution in [3.05, 3.63) is 78.3 Å². The van der Waals surface area contributed by atoms with Crippen LogP contribution in [0.5, 0.6) is 11.5 Å². The van der Waals surface area contributed by atoms with Crippen molar-refractivity contribution in [1.82, 2.24) is 24.6 Å². The van der Waals surface area contributed by atoms with Crippen molar-refractivity contribution in [3.8, 4) is 28.8 Å². The third kappa shape index (κ3) is 6.34. The van der Waals surface area contributed by atoms with Gasteiger partial charge in [0.15, 0.2) is 0 Å². The predicted octanol–water partition coefficient (Wildman–Crippen LogP) is 6.75. The number of amides is 1. The SMILES string of the molecule is CC(C)(C=C(C#N)C(=O)N1CCCC(n2nc(-c3ccc(Oc4ccccc4)cc3F)c3c(N)nccc32)C1)C1(C)CCN(C2COC2)CC1. The van der Waals surface area contributed by atoms with Gasteiger partial charge < -0.3 is 20.1 Å². The molecule has 4 aromatic rings. The summed E-state index contributed by atoms with van der Waals surface area (Å²) < 4.78 is 28.8. The van der Waals surface area contributed by atoms with Gasteiger partial charge in [0.25, 0.3) is 5.91 Å². The lowest BCUT2D eigenvalue weighted by molar-refractivity contribution is -0.128. The maximum atomic E-state index is 15.7. The summed E-state index contributed by atoms with van der Waals surface area (Å²) in [6.07, 6.45) is 6.98. The van der Waals surface area contributed by atoms with Gasteiger partial charge in [0, 0.05) is 30.9 Å². The molecular weight excluding hydrogens is 633 g/mol. The zero-order valence-electron chi connectivity index (χ0n) is 28.9. The molecule has 11 heteroatoms. The fraction of sp³-hybridized carbons (Fsp3) is 0.436. The zero-order chi connectivity index (χ0) is 35.0. The standard InChI is InChI=1S/C39H44FN7O3/c1-38(2,39(3)14-18-45(19-15-39)28-24-49-25-28)21-26(22-41)37(48)46-17-7-8-27(23-46)47-33-13-16-43-36(42)34(33)35(44-47)31-12-11-30(20-32(31)40)50-29-9-5-4-6-10-29/h4-6,9-13,16,20-21,27-28H,7-8,14-15,17-19,23-25H2,1-3H3,(H2,42,43). The van der Waals surface area contributed by atoms with Crippen LogP contribution in [0.1, 0.15) is 52.5 Å². The number of carbonyl (C=O) groups is 1. The number of aromatic nitrogens is 3. The maximum Gasteiger partial charge on any atom is 0.264 e. The van der Waals surface area contributed by atoms with E-state index < -0.39 is 5.82 Å². The second-order valence-corrected chi connectivity index (χ2v) is 14.7. The summed E-state index contributed by atoms with van der Waals surface area (Å²) >= 11 is 0. The molecule has 2 aromatic carbocycles. The molecule has 0 saturated carbocycles. The Hall–Kier alpha value is -4.79. The van der Waals surface area contributed by atoms with Crippen LogP contribution in [0.25, 0.3) is 22.2 Å². The van der Waals surface area contributed by atoms with Crippen molar-refractivity contribution in [1.29, 1.82) is 5.26 Å². The quantitative estimate of drug-likeness (QED) is 0.161. The molecule has 260 valence electrons. The second-order valence-electron chi connectivity index (χ2n) is 14.7. The summed E-state index contributed by atoms with van der Waals surface area (Å²) in [4.78, 5) is 22.6. The number of ether oxygens (including phenoxy) is 2. The van der Waals surface area contributed by atoms with Crippen LogP contribution >= 0.6 is 0 Å². The van der Waals surface area contributed by atoms with Crippen LogP contribution in [-0.2, 0) is 9.53 Å². The van der Waals surface area contributed by atoms with Gasteiger partial charge in [-0.3, -0.25) is 14.4 Å². The molecule has 5 heterocycles. The summed E-state index contributed by atoms with van der Waals surface area (Å²) in [6.45, 7) is 11.1. The van der Waals surface area contributed by atoms with Crippen molar-refractivity contribution < 1.29 is 18.7 Å². The van der Waals surface area contributed by atoms with Gasteiger partial charge in [-0.15, -0.1) is 0 Å². The van der Waals surface area contributed by atoms with Crippen LogP contribution in [0.2, 0.25) is 0 Å². The number of hydrogen-bond acceptors (Lipinski definition) is 8. The molecule has 7 rings (SSSR count). The van der Waals surface area contributed by atoms with Gasteiger partial charge in [-0.1, -0.05) is 45.0 Å². The first-order valence-electron chi connectivity index (χ1n) is 17.5. The van der Waals surface area contributed by atoms with Gasteiger partial charge in [-0.25, -0.2) is 9.37 Å². The number of nitrogens with zero attached hydrogens (tertiary/aromatic N) is 6. The molecule has 10 nitrogen and oxygen atoms in total. The minimum atomic E-state index is -0.503. The van der Waals surface area contributed by atoms with E-state index in [1.807, 2.05) is 35.0 Å². The topological polar surface area (TPSA) is 123 Å². The average Bonchev–Trinajstić information content (AvgIpc) is 3.48. The fourth-order valence-corrected chi connectivity index (χ4v) is 7.60. The van der Waals surface area contributed by atoms with Crippen LogP contribution in [0.3, 0.4) is 0 Å². The fourth-order valence-electron chi connectivity index (χ4n) is 7.60. The van der Waals surface area contributed by atoms with Gasteiger partial charge in [0.1, 0.15) is 40.5 Å². The van der Waals surface area contributed by atoms with Gasteiger partial charge >= 0.3 is 0 Å². The Morgan fingerprint density at radius 2 is 1.86 bits per heavy atom. The van der Waals surface area contributed by atoms with E-state index in [0.717, 1.165) is 52.0 Å². The highest BCUT2D eigenvalue weighted by atomic mass is 19.1. The molecule has 1 unspecified atom stereocenters. The van der Waals surface area contributed by atoms with Gasteiger partial charge in [-0.2, -0.15) is 10.4 Å². The van der Waals surface area contributed by atoms with E-state index in [1.165, 1.54) is 6.07 Å². The highest BCUT2D eigenvalue weighted by molar-refractivity contribution is 6.00. The number of hydrogen-bond donors (Lipinski definition) is 1. The first-order valence-corrected chi connectivity index (χ1v) is 17.5. The summed E-state index contributed by atoms with van der Waals surface area (Å²) in [5.74, 6) is 0.439. The zero-order valence-corrected chi connectivity index (χ0v) is 28.9. The maximum absolute atomic E-state index is 15.7. The van der Waals surface area contributed by atoms with E-state index in [2.05, 4.69) is 36.7 Å². The van der Waals surface area contributed by atoms with Crippen LogP contribution in [0, 0.1) is 28.0 Å². The Kier molecular flexibility index (Phi) is 9.09. The second kappa shape index (κ2) is 13.5. The van der Waals surface area contributed by atoms with Gasteiger partial charge in [-0.05, 0) is 79.9 Å². The summed E-state index contributed by atoms with van der Waals surface area (Å²) in [7, 11) is 0. The normalized spacial score (nSPS) is 20.3. The first-order chi connectivity index (χ1) is 24.1. The van der Waals surface area contributed by atoms with E-state index in [0.29, 0.717) is 47.2 Å². The third-order valence-corrected chi connectivity index (χ3v) is 11.3. The van der Waals surface area contributed by atoms with Gasteiger partial charge in [0.05, 0.1) is 36.2 Å². The molecule has 50 heavy (non-hydrogen) atoms. The van der Waals surface area contributed by atoms with Gasteiger partial charge in [0.2, 0.25) is 0 Å². The number of fused-ring (bicyclic) bond motifs is 1. The Morgan fingerprint density at radius 3 is 2.54 bits per heavy atom. The number of pyridine rings is 1. The molecule has 3 saturated heterocycles. The van der Waals surface area contributed by atoms with Crippen molar-refractivity contribution in [2.45, 2.75) is 58.5 Å². The number of allylic oxidation sites excluding steroid dienone is 1. The molecule has 0 radical (unpaired) electrons. The summed E-state index contributed by atoms with van der Waals surface area (Å²) in [6, 6.07) is 18.2. The number of nitriles is 1. The number of carbonyl (C=O) groups excluding carboxylic acids is 1. The van der Waals surface area contributed by atoms with E-state index in [4.69, 9.17) is 20.3 Å². The molecule has 2 N–H and O–H groups in total. The van der Waals surface area contributed by atoms with E-state index in [9.17, 15) is 10.1 Å². The van der Waals surface area contributed by atoms with Crippen LogP contribution in [0.4, 0.5) is 10.2 Å². The van der Waals surface area contributed by atoms with E-state index in [1.54, 1.807) is 35.4 Å². The molecule has 0 bridgehead atoms. The number of rotatable bonds is 8. The number of anilines is 1. The average molecular weight is 678 g/mol. The predicted molar refractivity (Wildman–Crippen MR) is 190 cm³/mol. The first kappa shape index (κ1) is 33.7. The molecule has 0 aliphatic carbocycles. The number of para-hydroxylation sites is 1. The molecule has 1 amide bonds. The highest BCUT2D eigenvalue weighted by Gasteiger charge is 2.44.